The Bertz CT molecular complexity index is 692. The average molecular weight is 295 g/mol. The van der Waals surface area contributed by atoms with Crippen LogP contribution in [-0.4, -0.2) is 26.4 Å². The maximum Gasteiger partial charge on any atom is 0.0925 e. The Morgan fingerprint density at radius 3 is 2.55 bits per heavy atom. The molecule has 0 saturated carbocycles. The molecular weight excluding hydrogens is 274 g/mol. The van der Waals surface area contributed by atoms with Crippen molar-refractivity contribution in [3.63, 3.8) is 0 Å². The summed E-state index contributed by atoms with van der Waals surface area (Å²) in [6.45, 7) is 9.85. The lowest BCUT2D eigenvalue weighted by Crippen LogP contribution is -2.06. The summed E-state index contributed by atoms with van der Waals surface area (Å²) in [4.78, 5) is 1.61. The highest BCUT2D eigenvalue weighted by molar-refractivity contribution is 6.09. The van der Waals surface area contributed by atoms with Gasteiger partial charge in [0.05, 0.1) is 23.8 Å². The maximum absolute atomic E-state index is 4.30. The van der Waals surface area contributed by atoms with Gasteiger partial charge in [-0.1, -0.05) is 26.0 Å². The van der Waals surface area contributed by atoms with Crippen molar-refractivity contribution in [2.24, 2.45) is 10.2 Å². The number of rotatable bonds is 6. The third-order valence-electron chi connectivity index (χ3n) is 3.08. The van der Waals surface area contributed by atoms with Crippen molar-refractivity contribution >= 4 is 11.4 Å². The Balaban J connectivity index is 2.48. The van der Waals surface area contributed by atoms with Crippen molar-refractivity contribution in [3.8, 4) is 5.69 Å². The van der Waals surface area contributed by atoms with Crippen molar-refractivity contribution in [2.45, 2.75) is 33.6 Å². The minimum atomic E-state index is 0.782. The summed E-state index contributed by atoms with van der Waals surface area (Å²) in [6.07, 6.45) is 7.08. The van der Waals surface area contributed by atoms with Crippen LogP contribution in [0.4, 0.5) is 0 Å². The fourth-order valence-electron chi connectivity index (χ4n) is 2.14. The first-order valence-electron chi connectivity index (χ1n) is 7.37. The van der Waals surface area contributed by atoms with Crippen molar-refractivity contribution in [2.75, 3.05) is 0 Å². The Hall–Kier alpha value is -2.56. The van der Waals surface area contributed by atoms with Gasteiger partial charge in [-0.3, -0.25) is 0 Å². The normalized spacial score (nSPS) is 11.3. The largest absolute Gasteiger partial charge is 0.160 e. The monoisotopic (exact) mass is 295 g/mol. The van der Waals surface area contributed by atoms with Gasteiger partial charge in [-0.2, -0.15) is 25.2 Å². The summed E-state index contributed by atoms with van der Waals surface area (Å²) in [5.74, 6) is 0. The number of nitrogens with zero attached hydrogens (tertiary/aromatic N) is 5. The predicted molar refractivity (Wildman–Crippen MR) is 90.9 cm³/mol. The van der Waals surface area contributed by atoms with Gasteiger partial charge >= 0.3 is 0 Å². The summed E-state index contributed by atoms with van der Waals surface area (Å²) in [6, 6.07) is 6.11. The first-order valence-corrected chi connectivity index (χ1v) is 7.37. The molecule has 1 heterocycles. The van der Waals surface area contributed by atoms with Crippen molar-refractivity contribution in [1.29, 1.82) is 0 Å². The molecule has 0 aliphatic heterocycles. The number of hydrogen-bond acceptors (Lipinski definition) is 4. The maximum atomic E-state index is 4.30. The summed E-state index contributed by atoms with van der Waals surface area (Å²) in [5.41, 5.74) is 4.88. The standard InChI is InChI=1S/C17H21N5/c1-5-7-14-12-15(22-18-10-11-19-22)8-9-16(14)17(6-2)21-20-13(3)4/h6,8-12H,2,5,7H2,1,3-4H3/b21-17+. The number of allylic oxidation sites excluding steroid dienone is 1. The Labute approximate surface area is 131 Å². The van der Waals surface area contributed by atoms with Crippen LogP contribution >= 0.6 is 0 Å². The SMILES string of the molecule is C=C/C(=N\N=C(C)C)c1ccc(-n2nccn2)cc1CCC. The minimum absolute atomic E-state index is 0.782. The molecule has 0 aliphatic rings. The van der Waals surface area contributed by atoms with E-state index in [2.05, 4.69) is 40.0 Å². The number of benzene rings is 1. The second kappa shape index (κ2) is 7.45. The lowest BCUT2D eigenvalue weighted by atomic mass is 9.98. The van der Waals surface area contributed by atoms with E-state index in [9.17, 15) is 0 Å². The van der Waals surface area contributed by atoms with Gasteiger partial charge in [0, 0.05) is 11.3 Å². The first-order chi connectivity index (χ1) is 10.7. The molecule has 0 radical (unpaired) electrons. The van der Waals surface area contributed by atoms with Crippen LogP contribution in [0.25, 0.3) is 5.69 Å². The molecule has 114 valence electrons. The summed E-state index contributed by atoms with van der Waals surface area (Å²) >= 11 is 0. The molecule has 22 heavy (non-hydrogen) atoms. The fraction of sp³-hybridized carbons (Fsp3) is 0.294. The van der Waals surface area contributed by atoms with Gasteiger partial charge in [-0.05, 0) is 44.0 Å². The molecule has 0 amide bonds. The quantitative estimate of drug-likeness (QED) is 0.604. The van der Waals surface area contributed by atoms with E-state index in [1.165, 1.54) is 5.56 Å². The molecular formula is C17H21N5. The third-order valence-corrected chi connectivity index (χ3v) is 3.08. The molecule has 5 heteroatoms. The average Bonchev–Trinajstić information content (AvgIpc) is 3.03. The molecule has 0 atom stereocenters. The second-order valence-electron chi connectivity index (χ2n) is 5.15. The van der Waals surface area contributed by atoms with E-state index in [0.29, 0.717) is 0 Å². The molecule has 1 aromatic carbocycles. The molecule has 0 N–H and O–H groups in total. The van der Waals surface area contributed by atoms with Gasteiger partial charge in [0.25, 0.3) is 0 Å². The van der Waals surface area contributed by atoms with Crippen LogP contribution in [0.3, 0.4) is 0 Å². The van der Waals surface area contributed by atoms with E-state index in [1.54, 1.807) is 23.3 Å². The van der Waals surface area contributed by atoms with Crippen molar-refractivity contribution in [1.82, 2.24) is 15.0 Å². The van der Waals surface area contributed by atoms with E-state index in [1.807, 2.05) is 26.0 Å². The van der Waals surface area contributed by atoms with Crippen molar-refractivity contribution < 1.29 is 0 Å². The summed E-state index contributed by atoms with van der Waals surface area (Å²) in [5, 5.41) is 16.8. The molecule has 0 spiro atoms. The summed E-state index contributed by atoms with van der Waals surface area (Å²) in [7, 11) is 0. The fourth-order valence-corrected chi connectivity index (χ4v) is 2.14. The van der Waals surface area contributed by atoms with Crippen LogP contribution in [0.5, 0.6) is 0 Å². The van der Waals surface area contributed by atoms with Gasteiger partial charge in [-0.15, -0.1) is 0 Å². The molecule has 0 aliphatic carbocycles. The Kier molecular flexibility index (Phi) is 5.36. The van der Waals surface area contributed by atoms with E-state index >= 15 is 0 Å². The van der Waals surface area contributed by atoms with Gasteiger partial charge in [0.2, 0.25) is 0 Å². The second-order valence-corrected chi connectivity index (χ2v) is 5.15. The predicted octanol–water partition coefficient (Wildman–Crippen LogP) is 3.59. The topological polar surface area (TPSA) is 55.4 Å². The van der Waals surface area contributed by atoms with E-state index in [4.69, 9.17) is 0 Å². The zero-order valence-electron chi connectivity index (χ0n) is 13.3. The van der Waals surface area contributed by atoms with Gasteiger partial charge in [0.1, 0.15) is 0 Å². The lowest BCUT2D eigenvalue weighted by molar-refractivity contribution is 0.749. The minimum Gasteiger partial charge on any atom is -0.160 e. The number of aryl methyl sites for hydroxylation is 1. The molecule has 1 aromatic heterocycles. The summed E-state index contributed by atoms with van der Waals surface area (Å²) < 4.78 is 0. The zero-order chi connectivity index (χ0) is 15.9. The lowest BCUT2D eigenvalue weighted by Gasteiger charge is -2.10. The number of hydrogen-bond donors (Lipinski definition) is 0. The zero-order valence-corrected chi connectivity index (χ0v) is 13.3. The highest BCUT2D eigenvalue weighted by atomic mass is 15.5. The van der Waals surface area contributed by atoms with Gasteiger partial charge in [0.15, 0.2) is 0 Å². The van der Waals surface area contributed by atoms with Crippen LogP contribution < -0.4 is 0 Å². The smallest absolute Gasteiger partial charge is 0.0925 e. The molecule has 0 fully saturated rings. The van der Waals surface area contributed by atoms with E-state index < -0.39 is 0 Å². The highest BCUT2D eigenvalue weighted by Crippen LogP contribution is 2.18. The van der Waals surface area contributed by atoms with Crippen LogP contribution in [0.2, 0.25) is 0 Å². The number of aromatic nitrogens is 3. The van der Waals surface area contributed by atoms with Gasteiger partial charge < -0.3 is 0 Å². The third kappa shape index (κ3) is 3.75. The molecule has 0 unspecified atom stereocenters. The first kappa shape index (κ1) is 15.8. The molecule has 5 nitrogen and oxygen atoms in total. The van der Waals surface area contributed by atoms with E-state index in [0.717, 1.165) is 35.5 Å². The van der Waals surface area contributed by atoms with Crippen LogP contribution in [0.15, 0.2) is 53.5 Å². The van der Waals surface area contributed by atoms with Crippen LogP contribution in [-0.2, 0) is 6.42 Å². The van der Waals surface area contributed by atoms with Crippen molar-refractivity contribution in [3.05, 3.63) is 54.4 Å². The Morgan fingerprint density at radius 2 is 1.95 bits per heavy atom. The molecule has 0 bridgehead atoms. The molecule has 0 saturated heterocycles. The van der Waals surface area contributed by atoms with Gasteiger partial charge in [-0.25, -0.2) is 0 Å². The van der Waals surface area contributed by atoms with Crippen LogP contribution in [0.1, 0.15) is 38.3 Å². The highest BCUT2D eigenvalue weighted by Gasteiger charge is 2.09. The molecule has 2 aromatic rings. The van der Waals surface area contributed by atoms with E-state index in [-0.39, 0.29) is 0 Å². The van der Waals surface area contributed by atoms with Crippen LogP contribution in [0, 0.1) is 0 Å². The molecule has 2 rings (SSSR count). The Morgan fingerprint density at radius 1 is 1.23 bits per heavy atom.